The Bertz CT molecular complexity index is 435. The molecule has 1 aliphatic rings. The predicted octanol–water partition coefficient (Wildman–Crippen LogP) is 2.36. The van der Waals surface area contributed by atoms with Crippen molar-refractivity contribution in [1.29, 1.82) is 0 Å². The van der Waals surface area contributed by atoms with Crippen molar-refractivity contribution in [3.8, 4) is 11.5 Å². The van der Waals surface area contributed by atoms with E-state index in [1.54, 1.807) is 14.2 Å². The van der Waals surface area contributed by atoms with E-state index in [0.29, 0.717) is 0 Å². The normalized spacial score (nSPS) is 26.4. The summed E-state index contributed by atoms with van der Waals surface area (Å²) in [6.07, 6.45) is 1.25. The smallest absolute Gasteiger partial charge is 0.123 e. The van der Waals surface area contributed by atoms with Crippen LogP contribution in [0.3, 0.4) is 0 Å². The van der Waals surface area contributed by atoms with Gasteiger partial charge in [0.2, 0.25) is 0 Å². The van der Waals surface area contributed by atoms with Gasteiger partial charge in [0.05, 0.1) is 20.3 Å². The maximum Gasteiger partial charge on any atom is 0.123 e. The minimum absolute atomic E-state index is 0.0219. The largest absolute Gasteiger partial charge is 0.497 e. The zero-order valence-corrected chi connectivity index (χ0v) is 12.2. The molecule has 0 radical (unpaired) electrons. The lowest BCUT2D eigenvalue weighted by atomic mass is 9.94. The Morgan fingerprint density at radius 2 is 2.16 bits per heavy atom. The predicted molar refractivity (Wildman–Crippen MR) is 74.8 cm³/mol. The molecule has 1 aromatic rings. The van der Waals surface area contributed by atoms with Crippen LogP contribution in [0, 0.1) is 0 Å². The lowest BCUT2D eigenvalue weighted by Gasteiger charge is -2.29. The second-order valence-corrected chi connectivity index (χ2v) is 5.21. The standard InChI is InChI=1S/C15H23NO3/c1-11-15(2,7-8-19-11)16-10-12-9-13(17-3)5-6-14(12)18-4/h5-6,9,11,16H,7-8,10H2,1-4H3. The van der Waals surface area contributed by atoms with Crippen molar-refractivity contribution in [2.45, 2.75) is 38.5 Å². The van der Waals surface area contributed by atoms with Crippen LogP contribution in [0.4, 0.5) is 0 Å². The van der Waals surface area contributed by atoms with Crippen molar-refractivity contribution in [1.82, 2.24) is 5.32 Å². The third-order valence-electron chi connectivity index (χ3n) is 4.06. The molecule has 4 heteroatoms. The molecule has 0 aromatic heterocycles. The van der Waals surface area contributed by atoms with Crippen molar-refractivity contribution in [3.05, 3.63) is 23.8 Å². The van der Waals surface area contributed by atoms with E-state index in [1.807, 2.05) is 18.2 Å². The molecule has 19 heavy (non-hydrogen) atoms. The lowest BCUT2D eigenvalue weighted by Crippen LogP contribution is -2.47. The molecule has 1 saturated heterocycles. The topological polar surface area (TPSA) is 39.7 Å². The SMILES string of the molecule is COc1ccc(OC)c(CNC2(C)CCOC2C)c1. The Kier molecular flexibility index (Phi) is 4.32. The summed E-state index contributed by atoms with van der Waals surface area (Å²) in [5, 5.41) is 3.59. The van der Waals surface area contributed by atoms with E-state index >= 15 is 0 Å². The van der Waals surface area contributed by atoms with Gasteiger partial charge in [-0.1, -0.05) is 0 Å². The van der Waals surface area contributed by atoms with Crippen molar-refractivity contribution < 1.29 is 14.2 Å². The second-order valence-electron chi connectivity index (χ2n) is 5.21. The van der Waals surface area contributed by atoms with Gasteiger partial charge in [-0.2, -0.15) is 0 Å². The van der Waals surface area contributed by atoms with Crippen molar-refractivity contribution in [2.24, 2.45) is 0 Å². The third kappa shape index (κ3) is 3.01. The van der Waals surface area contributed by atoms with Crippen molar-refractivity contribution >= 4 is 0 Å². The zero-order valence-electron chi connectivity index (χ0n) is 12.2. The van der Waals surface area contributed by atoms with Crippen molar-refractivity contribution in [2.75, 3.05) is 20.8 Å². The molecule has 1 fully saturated rings. The molecule has 2 unspecified atom stereocenters. The maximum atomic E-state index is 5.64. The molecular weight excluding hydrogens is 242 g/mol. The molecule has 2 rings (SSSR count). The van der Waals surface area contributed by atoms with Gasteiger partial charge in [-0.3, -0.25) is 0 Å². The average molecular weight is 265 g/mol. The van der Waals surface area contributed by atoms with Crippen LogP contribution in [-0.2, 0) is 11.3 Å². The number of rotatable bonds is 5. The highest BCUT2D eigenvalue weighted by atomic mass is 16.5. The first-order valence-corrected chi connectivity index (χ1v) is 6.66. The van der Waals surface area contributed by atoms with E-state index in [1.165, 1.54) is 0 Å². The number of nitrogens with one attached hydrogen (secondary N) is 1. The molecule has 1 aliphatic heterocycles. The summed E-state index contributed by atoms with van der Waals surface area (Å²) in [5.41, 5.74) is 1.12. The fourth-order valence-electron chi connectivity index (χ4n) is 2.38. The highest BCUT2D eigenvalue weighted by Gasteiger charge is 2.36. The molecule has 0 amide bonds. The van der Waals surface area contributed by atoms with Gasteiger partial charge in [-0.05, 0) is 38.5 Å². The molecule has 1 heterocycles. The highest BCUT2D eigenvalue weighted by Crippen LogP contribution is 2.28. The van der Waals surface area contributed by atoms with Crippen LogP contribution in [-0.4, -0.2) is 32.5 Å². The van der Waals surface area contributed by atoms with Crippen LogP contribution >= 0.6 is 0 Å². The molecule has 4 nitrogen and oxygen atoms in total. The van der Waals surface area contributed by atoms with Gasteiger partial charge < -0.3 is 19.5 Å². The fraction of sp³-hybridized carbons (Fsp3) is 0.600. The summed E-state index contributed by atoms with van der Waals surface area (Å²) in [4.78, 5) is 0. The van der Waals surface area contributed by atoms with E-state index in [-0.39, 0.29) is 11.6 Å². The minimum atomic E-state index is 0.0219. The summed E-state index contributed by atoms with van der Waals surface area (Å²) in [5.74, 6) is 1.72. The number of hydrogen-bond acceptors (Lipinski definition) is 4. The highest BCUT2D eigenvalue weighted by molar-refractivity contribution is 5.40. The Balaban J connectivity index is 2.10. The van der Waals surface area contributed by atoms with Gasteiger partial charge in [0, 0.05) is 24.3 Å². The average Bonchev–Trinajstić information content (AvgIpc) is 2.76. The summed E-state index contributed by atoms with van der Waals surface area (Å²) in [6, 6.07) is 5.85. The molecular formula is C15H23NO3. The summed E-state index contributed by atoms with van der Waals surface area (Å²) < 4.78 is 16.3. The zero-order chi connectivity index (χ0) is 13.9. The molecule has 0 bridgehead atoms. The first-order chi connectivity index (χ1) is 9.09. The van der Waals surface area contributed by atoms with Gasteiger partial charge in [-0.25, -0.2) is 0 Å². The quantitative estimate of drug-likeness (QED) is 0.887. The van der Waals surface area contributed by atoms with Gasteiger partial charge in [-0.15, -0.1) is 0 Å². The number of benzene rings is 1. The molecule has 0 aliphatic carbocycles. The van der Waals surface area contributed by atoms with Crippen LogP contribution in [0.15, 0.2) is 18.2 Å². The molecule has 1 aromatic carbocycles. The van der Waals surface area contributed by atoms with Gasteiger partial charge in [0.25, 0.3) is 0 Å². The number of ether oxygens (including phenoxy) is 3. The maximum absolute atomic E-state index is 5.64. The molecule has 2 atom stereocenters. The van der Waals surface area contributed by atoms with Crippen LogP contribution in [0.2, 0.25) is 0 Å². The monoisotopic (exact) mass is 265 g/mol. The summed E-state index contributed by atoms with van der Waals surface area (Å²) in [6.45, 7) is 5.88. The van der Waals surface area contributed by atoms with E-state index in [0.717, 1.165) is 36.6 Å². The molecule has 106 valence electrons. The first kappa shape index (κ1) is 14.2. The summed E-state index contributed by atoms with van der Waals surface area (Å²) in [7, 11) is 3.36. The molecule has 1 N–H and O–H groups in total. The Labute approximate surface area is 115 Å². The van der Waals surface area contributed by atoms with Crippen LogP contribution in [0.1, 0.15) is 25.8 Å². The van der Waals surface area contributed by atoms with Crippen LogP contribution < -0.4 is 14.8 Å². The fourth-order valence-corrected chi connectivity index (χ4v) is 2.38. The molecule has 0 saturated carbocycles. The van der Waals surface area contributed by atoms with Gasteiger partial charge in [0.15, 0.2) is 0 Å². The van der Waals surface area contributed by atoms with Crippen LogP contribution in [0.5, 0.6) is 11.5 Å². The lowest BCUT2D eigenvalue weighted by molar-refractivity contribution is 0.0880. The van der Waals surface area contributed by atoms with E-state index in [4.69, 9.17) is 14.2 Å². The minimum Gasteiger partial charge on any atom is -0.497 e. The second kappa shape index (κ2) is 5.80. The van der Waals surface area contributed by atoms with E-state index < -0.39 is 0 Å². The number of methoxy groups -OCH3 is 2. The van der Waals surface area contributed by atoms with E-state index in [2.05, 4.69) is 19.2 Å². The van der Waals surface area contributed by atoms with Gasteiger partial charge in [0.1, 0.15) is 11.5 Å². The van der Waals surface area contributed by atoms with Crippen LogP contribution in [0.25, 0.3) is 0 Å². The summed E-state index contributed by atoms with van der Waals surface area (Å²) >= 11 is 0. The third-order valence-corrected chi connectivity index (χ3v) is 4.06. The Morgan fingerprint density at radius 1 is 1.37 bits per heavy atom. The van der Waals surface area contributed by atoms with Crippen molar-refractivity contribution in [3.63, 3.8) is 0 Å². The molecule has 0 spiro atoms. The first-order valence-electron chi connectivity index (χ1n) is 6.66. The van der Waals surface area contributed by atoms with E-state index in [9.17, 15) is 0 Å². The number of hydrogen-bond donors (Lipinski definition) is 1. The Morgan fingerprint density at radius 3 is 2.74 bits per heavy atom. The van der Waals surface area contributed by atoms with Gasteiger partial charge >= 0.3 is 0 Å². The Hall–Kier alpha value is -1.26.